The van der Waals surface area contributed by atoms with Crippen molar-refractivity contribution in [3.63, 3.8) is 0 Å². The average Bonchev–Trinajstić information content (AvgIpc) is 3.56. The molecule has 0 aliphatic rings. The lowest BCUT2D eigenvalue weighted by Crippen LogP contribution is -2.00. The standard InChI is InChI=1S/C43H27N3O/c1-3-10-28(11-4-1)29-18-20-30(21-19-29)31-22-24-33(25-23-31)42-44-41(32-12-5-2-6-13-32)45-43(46-42)36-16-9-17-38-40(36)37-26-34-14-7-8-15-35(34)27-39(37)47-38/h1-27H/i2D,5D,6D,12D,13D. The maximum atomic E-state index is 8.72. The van der Waals surface area contributed by atoms with Crippen LogP contribution >= 0.6 is 0 Å². The predicted octanol–water partition coefficient (Wildman–Crippen LogP) is 11.3. The minimum Gasteiger partial charge on any atom is -0.456 e. The second-order valence-corrected chi connectivity index (χ2v) is 11.3. The maximum absolute atomic E-state index is 8.72. The normalized spacial score (nSPS) is 12.9. The number of benzene rings is 7. The molecule has 4 heteroatoms. The van der Waals surface area contributed by atoms with Crippen molar-refractivity contribution >= 4 is 32.7 Å². The van der Waals surface area contributed by atoms with E-state index in [-0.39, 0.29) is 29.3 Å². The molecule has 4 nitrogen and oxygen atoms in total. The zero-order chi connectivity index (χ0) is 35.5. The van der Waals surface area contributed by atoms with Crippen molar-refractivity contribution in [3.8, 4) is 56.4 Å². The average molecular weight is 607 g/mol. The highest BCUT2D eigenvalue weighted by atomic mass is 16.3. The van der Waals surface area contributed by atoms with Crippen molar-refractivity contribution in [1.82, 2.24) is 15.0 Å². The van der Waals surface area contributed by atoms with E-state index in [4.69, 9.17) is 26.2 Å². The Balaban J connectivity index is 1.21. The highest BCUT2D eigenvalue weighted by Gasteiger charge is 2.18. The predicted molar refractivity (Wildman–Crippen MR) is 192 cm³/mol. The van der Waals surface area contributed by atoms with Crippen molar-refractivity contribution in [1.29, 1.82) is 0 Å². The van der Waals surface area contributed by atoms with Crippen LogP contribution in [0.2, 0.25) is 0 Å². The fourth-order valence-corrected chi connectivity index (χ4v) is 6.09. The molecule has 0 aliphatic carbocycles. The molecule has 2 aromatic heterocycles. The third-order valence-corrected chi connectivity index (χ3v) is 8.43. The molecule has 9 rings (SSSR count). The Morgan fingerprint density at radius 3 is 1.66 bits per heavy atom. The van der Waals surface area contributed by atoms with E-state index in [0.717, 1.165) is 43.8 Å². The molecule has 0 fully saturated rings. The molecule has 0 aliphatic heterocycles. The SMILES string of the molecule is [2H]c1c([2H])c([2H])c(-c2nc(-c3ccc(-c4ccc(-c5ccccc5)cc4)cc3)nc(-c3cccc4oc5cc6ccccc6cc5c34)n2)c([2H])c1[2H]. The molecular formula is C43H27N3O. The van der Waals surface area contributed by atoms with Crippen molar-refractivity contribution in [2.45, 2.75) is 0 Å². The van der Waals surface area contributed by atoms with Crippen LogP contribution in [-0.4, -0.2) is 15.0 Å². The molecule has 7 aromatic carbocycles. The fraction of sp³-hybridized carbons (Fsp3) is 0. The molecule has 220 valence electrons. The van der Waals surface area contributed by atoms with Crippen LogP contribution in [0.5, 0.6) is 0 Å². The summed E-state index contributed by atoms with van der Waals surface area (Å²) in [5.41, 5.74) is 6.95. The Morgan fingerprint density at radius 1 is 0.426 bits per heavy atom. The van der Waals surface area contributed by atoms with Crippen LogP contribution in [0.1, 0.15) is 6.85 Å². The number of hydrogen-bond acceptors (Lipinski definition) is 4. The largest absolute Gasteiger partial charge is 0.456 e. The summed E-state index contributed by atoms with van der Waals surface area (Å²) >= 11 is 0. The highest BCUT2D eigenvalue weighted by molar-refractivity contribution is 6.15. The minimum atomic E-state index is -0.484. The molecular weight excluding hydrogens is 574 g/mol. The molecule has 0 atom stereocenters. The second kappa shape index (κ2) is 11.2. The van der Waals surface area contributed by atoms with Gasteiger partial charge in [0.1, 0.15) is 11.2 Å². The fourth-order valence-electron chi connectivity index (χ4n) is 6.09. The number of aromatic nitrogens is 3. The van der Waals surface area contributed by atoms with Gasteiger partial charge in [0.25, 0.3) is 0 Å². The Bertz CT molecular complexity index is 2810. The van der Waals surface area contributed by atoms with Gasteiger partial charge in [-0.15, -0.1) is 0 Å². The Hall–Kier alpha value is -6.39. The van der Waals surface area contributed by atoms with Crippen LogP contribution in [0.3, 0.4) is 0 Å². The highest BCUT2D eigenvalue weighted by Crippen LogP contribution is 2.38. The number of furan rings is 1. The van der Waals surface area contributed by atoms with Gasteiger partial charge in [0.05, 0.1) is 6.85 Å². The maximum Gasteiger partial charge on any atom is 0.164 e. The molecule has 0 N–H and O–H groups in total. The van der Waals surface area contributed by atoms with E-state index in [1.54, 1.807) is 0 Å². The molecule has 0 saturated carbocycles. The van der Waals surface area contributed by atoms with Gasteiger partial charge in [-0.3, -0.25) is 0 Å². The molecule has 0 bridgehead atoms. The molecule has 0 spiro atoms. The molecule has 47 heavy (non-hydrogen) atoms. The Kier molecular flexibility index (Phi) is 5.28. The summed E-state index contributed by atoms with van der Waals surface area (Å²) in [5.74, 6) is 0.565. The first-order valence-electron chi connectivity index (χ1n) is 17.8. The topological polar surface area (TPSA) is 51.8 Å². The first-order chi connectivity index (χ1) is 25.3. The van der Waals surface area contributed by atoms with Gasteiger partial charge in [0.2, 0.25) is 0 Å². The van der Waals surface area contributed by atoms with Gasteiger partial charge in [-0.25, -0.2) is 15.0 Å². The number of fused-ring (bicyclic) bond motifs is 4. The summed E-state index contributed by atoms with van der Waals surface area (Å²) in [4.78, 5) is 14.5. The molecule has 9 aromatic rings. The van der Waals surface area contributed by atoms with Gasteiger partial charge in [0, 0.05) is 27.5 Å². The van der Waals surface area contributed by atoms with E-state index in [2.05, 4.69) is 48.5 Å². The molecule has 0 radical (unpaired) electrons. The molecule has 0 saturated heterocycles. The molecule has 0 unspecified atom stereocenters. The van der Waals surface area contributed by atoms with Crippen LogP contribution in [0.4, 0.5) is 0 Å². The van der Waals surface area contributed by atoms with E-state index >= 15 is 0 Å². The lowest BCUT2D eigenvalue weighted by Gasteiger charge is -2.10. The quantitative estimate of drug-likeness (QED) is 0.196. The summed E-state index contributed by atoms with van der Waals surface area (Å²) in [6.07, 6.45) is 0. The van der Waals surface area contributed by atoms with Crippen LogP contribution in [0.25, 0.3) is 89.1 Å². The zero-order valence-corrected chi connectivity index (χ0v) is 25.0. The number of hydrogen-bond donors (Lipinski definition) is 0. The van der Waals surface area contributed by atoms with Crippen molar-refractivity contribution in [2.24, 2.45) is 0 Å². The van der Waals surface area contributed by atoms with Crippen molar-refractivity contribution in [2.75, 3.05) is 0 Å². The van der Waals surface area contributed by atoms with Gasteiger partial charge in [-0.05, 0) is 51.2 Å². The van der Waals surface area contributed by atoms with Gasteiger partial charge in [-0.1, -0.05) is 145 Å². The number of nitrogens with zero attached hydrogens (tertiary/aromatic N) is 3. The van der Waals surface area contributed by atoms with E-state index in [1.165, 1.54) is 0 Å². The van der Waals surface area contributed by atoms with E-state index in [9.17, 15) is 0 Å². The lowest BCUT2D eigenvalue weighted by molar-refractivity contribution is 0.669. The van der Waals surface area contributed by atoms with Crippen LogP contribution < -0.4 is 0 Å². The van der Waals surface area contributed by atoms with Gasteiger partial charge < -0.3 is 4.42 Å². The summed E-state index contributed by atoms with van der Waals surface area (Å²) in [5, 5.41) is 3.80. The van der Waals surface area contributed by atoms with E-state index < -0.39 is 18.1 Å². The Labute approximate surface area is 278 Å². The zero-order valence-electron chi connectivity index (χ0n) is 30.0. The smallest absolute Gasteiger partial charge is 0.164 e. The number of rotatable bonds is 5. The third kappa shape index (κ3) is 4.93. The summed E-state index contributed by atoms with van der Waals surface area (Å²) in [7, 11) is 0. The Morgan fingerprint density at radius 2 is 0.979 bits per heavy atom. The van der Waals surface area contributed by atoms with Gasteiger partial charge >= 0.3 is 0 Å². The van der Waals surface area contributed by atoms with Crippen molar-refractivity contribution in [3.05, 3.63) is 164 Å². The van der Waals surface area contributed by atoms with Gasteiger partial charge in [0.15, 0.2) is 17.5 Å². The van der Waals surface area contributed by atoms with Gasteiger partial charge in [-0.2, -0.15) is 0 Å². The second-order valence-electron chi connectivity index (χ2n) is 11.3. The third-order valence-electron chi connectivity index (χ3n) is 8.43. The molecule has 2 heterocycles. The summed E-state index contributed by atoms with van der Waals surface area (Å²) in [6.45, 7) is 0. The van der Waals surface area contributed by atoms with Crippen molar-refractivity contribution < 1.29 is 11.3 Å². The monoisotopic (exact) mass is 606 g/mol. The van der Waals surface area contributed by atoms with Crippen LogP contribution in [-0.2, 0) is 0 Å². The summed E-state index contributed by atoms with van der Waals surface area (Å²) < 4.78 is 48.6. The lowest BCUT2D eigenvalue weighted by atomic mass is 9.99. The van der Waals surface area contributed by atoms with E-state index in [1.807, 2.05) is 84.9 Å². The molecule has 0 amide bonds. The van der Waals surface area contributed by atoms with Crippen LogP contribution in [0, 0.1) is 0 Å². The van der Waals surface area contributed by atoms with Crippen LogP contribution in [0.15, 0.2) is 168 Å². The first-order valence-corrected chi connectivity index (χ1v) is 15.3. The summed E-state index contributed by atoms with van der Waals surface area (Å²) in [6, 6.07) is 42.1. The minimum absolute atomic E-state index is 0.0205. The van der Waals surface area contributed by atoms with E-state index in [0.29, 0.717) is 28.1 Å². The first kappa shape index (κ1) is 22.2.